The lowest BCUT2D eigenvalue weighted by Crippen LogP contribution is -2.20. The minimum Gasteiger partial charge on any atom is -0.484 e. The number of hydrogen-bond donors (Lipinski definition) is 1. The Morgan fingerprint density at radius 2 is 2.17 bits per heavy atom. The van der Waals surface area contributed by atoms with E-state index in [1.165, 1.54) is 0 Å². The Labute approximate surface area is 106 Å². The molecular formula is C14H14N2O2. The minimum atomic E-state index is -0.227. The highest BCUT2D eigenvalue weighted by Gasteiger charge is 2.03. The lowest BCUT2D eigenvalue weighted by Gasteiger charge is -2.07. The van der Waals surface area contributed by atoms with E-state index in [9.17, 15) is 4.79 Å². The molecule has 0 fully saturated rings. The molecule has 1 aromatic heterocycles. The molecule has 1 N–H and O–H groups in total. The molecule has 18 heavy (non-hydrogen) atoms. The topological polar surface area (TPSA) is 51.2 Å². The largest absolute Gasteiger partial charge is 0.484 e. The summed E-state index contributed by atoms with van der Waals surface area (Å²) >= 11 is 0. The summed E-state index contributed by atoms with van der Waals surface area (Å²) in [6.07, 6.45) is 1.62. The Morgan fingerprint density at radius 3 is 2.89 bits per heavy atom. The molecule has 0 saturated heterocycles. The summed E-state index contributed by atoms with van der Waals surface area (Å²) < 4.78 is 5.38. The monoisotopic (exact) mass is 242 g/mol. The third-order valence-corrected chi connectivity index (χ3v) is 2.29. The Hall–Kier alpha value is -2.36. The van der Waals surface area contributed by atoms with E-state index in [1.807, 2.05) is 37.3 Å². The molecule has 2 aromatic rings. The third-order valence-electron chi connectivity index (χ3n) is 2.29. The van der Waals surface area contributed by atoms with Gasteiger partial charge in [-0.05, 0) is 36.8 Å². The molecule has 0 aliphatic rings. The van der Waals surface area contributed by atoms with Crippen LogP contribution >= 0.6 is 0 Å². The molecule has 0 aliphatic heterocycles. The van der Waals surface area contributed by atoms with Gasteiger partial charge in [0.15, 0.2) is 6.61 Å². The zero-order valence-corrected chi connectivity index (χ0v) is 10.1. The number of nitrogens with zero attached hydrogens (tertiary/aromatic N) is 1. The van der Waals surface area contributed by atoms with Crippen LogP contribution in [0.1, 0.15) is 5.56 Å². The number of amides is 1. The van der Waals surface area contributed by atoms with Gasteiger partial charge in [0, 0.05) is 6.20 Å². The highest BCUT2D eigenvalue weighted by atomic mass is 16.5. The van der Waals surface area contributed by atoms with Crippen LogP contribution in [-0.2, 0) is 4.79 Å². The third kappa shape index (κ3) is 3.59. The van der Waals surface area contributed by atoms with Crippen molar-refractivity contribution in [2.45, 2.75) is 6.92 Å². The maximum atomic E-state index is 11.6. The number of nitrogens with one attached hydrogen (secondary N) is 1. The molecule has 2 rings (SSSR count). The molecule has 1 heterocycles. The molecule has 0 bridgehead atoms. The lowest BCUT2D eigenvalue weighted by molar-refractivity contribution is -0.118. The number of ether oxygens (including phenoxy) is 1. The number of rotatable bonds is 4. The standard InChI is InChI=1S/C14H14N2O2/c1-11-5-4-6-12(9-11)18-10-14(17)16-13-7-2-3-8-15-13/h2-9H,10H2,1H3,(H,15,16,17). The van der Waals surface area contributed by atoms with Gasteiger partial charge in [0.25, 0.3) is 5.91 Å². The van der Waals surface area contributed by atoms with E-state index in [0.29, 0.717) is 11.6 Å². The van der Waals surface area contributed by atoms with E-state index in [0.717, 1.165) is 5.56 Å². The normalized spacial score (nSPS) is 9.83. The molecule has 0 unspecified atom stereocenters. The summed E-state index contributed by atoms with van der Waals surface area (Å²) in [7, 11) is 0. The van der Waals surface area contributed by atoms with Crippen LogP contribution in [0.4, 0.5) is 5.82 Å². The number of carbonyl (C=O) groups excluding carboxylic acids is 1. The Bertz CT molecular complexity index is 526. The van der Waals surface area contributed by atoms with Crippen molar-refractivity contribution < 1.29 is 9.53 Å². The van der Waals surface area contributed by atoms with Crippen LogP contribution in [0, 0.1) is 6.92 Å². The summed E-state index contributed by atoms with van der Waals surface area (Å²) in [5.74, 6) is 0.983. The first-order valence-electron chi connectivity index (χ1n) is 5.64. The van der Waals surface area contributed by atoms with Crippen molar-refractivity contribution in [3.05, 3.63) is 54.2 Å². The molecule has 4 heteroatoms. The number of hydrogen-bond acceptors (Lipinski definition) is 3. The van der Waals surface area contributed by atoms with Gasteiger partial charge in [0.1, 0.15) is 11.6 Å². The molecule has 1 amide bonds. The minimum absolute atomic E-state index is 0.0278. The van der Waals surface area contributed by atoms with E-state index in [-0.39, 0.29) is 12.5 Å². The SMILES string of the molecule is Cc1cccc(OCC(=O)Nc2ccccn2)c1. The van der Waals surface area contributed by atoms with Crippen LogP contribution in [0.15, 0.2) is 48.7 Å². The average Bonchev–Trinajstić information content (AvgIpc) is 2.38. The van der Waals surface area contributed by atoms with Gasteiger partial charge in [-0.2, -0.15) is 0 Å². The maximum Gasteiger partial charge on any atom is 0.263 e. The summed E-state index contributed by atoms with van der Waals surface area (Å²) in [6, 6.07) is 12.9. The second-order valence-corrected chi connectivity index (χ2v) is 3.87. The van der Waals surface area contributed by atoms with Crippen molar-refractivity contribution in [1.82, 2.24) is 4.98 Å². The number of benzene rings is 1. The molecule has 0 aliphatic carbocycles. The van der Waals surface area contributed by atoms with Gasteiger partial charge >= 0.3 is 0 Å². The first kappa shape index (κ1) is 12.1. The van der Waals surface area contributed by atoms with Crippen LogP contribution in [0.2, 0.25) is 0 Å². The van der Waals surface area contributed by atoms with Crippen LogP contribution < -0.4 is 10.1 Å². The van der Waals surface area contributed by atoms with Crippen LogP contribution in [0.25, 0.3) is 0 Å². The van der Waals surface area contributed by atoms with Gasteiger partial charge in [0.05, 0.1) is 0 Å². The highest BCUT2D eigenvalue weighted by Crippen LogP contribution is 2.12. The fraction of sp³-hybridized carbons (Fsp3) is 0.143. The molecule has 1 aromatic carbocycles. The van der Waals surface area contributed by atoms with Crippen molar-refractivity contribution in [2.24, 2.45) is 0 Å². The molecule has 4 nitrogen and oxygen atoms in total. The second kappa shape index (κ2) is 5.82. The fourth-order valence-corrected chi connectivity index (χ4v) is 1.47. The quantitative estimate of drug-likeness (QED) is 0.895. The lowest BCUT2D eigenvalue weighted by atomic mass is 10.2. The smallest absolute Gasteiger partial charge is 0.263 e. The molecule has 92 valence electrons. The summed E-state index contributed by atoms with van der Waals surface area (Å²) in [6.45, 7) is 1.95. The van der Waals surface area contributed by atoms with Gasteiger partial charge < -0.3 is 10.1 Å². The van der Waals surface area contributed by atoms with Crippen LogP contribution in [0.5, 0.6) is 5.75 Å². The van der Waals surface area contributed by atoms with E-state index in [2.05, 4.69) is 10.3 Å². The van der Waals surface area contributed by atoms with Gasteiger partial charge in [-0.15, -0.1) is 0 Å². The summed E-state index contributed by atoms with van der Waals surface area (Å²) in [5, 5.41) is 2.65. The fourth-order valence-electron chi connectivity index (χ4n) is 1.47. The predicted octanol–water partition coefficient (Wildman–Crippen LogP) is 2.41. The molecule has 0 spiro atoms. The molecule has 0 saturated carbocycles. The maximum absolute atomic E-state index is 11.6. The number of pyridine rings is 1. The predicted molar refractivity (Wildman–Crippen MR) is 69.5 cm³/mol. The summed E-state index contributed by atoms with van der Waals surface area (Å²) in [4.78, 5) is 15.6. The van der Waals surface area contributed by atoms with Crippen molar-refractivity contribution in [1.29, 1.82) is 0 Å². The average molecular weight is 242 g/mol. The van der Waals surface area contributed by atoms with Crippen LogP contribution in [0.3, 0.4) is 0 Å². The van der Waals surface area contributed by atoms with E-state index < -0.39 is 0 Å². The van der Waals surface area contributed by atoms with Gasteiger partial charge in [-0.1, -0.05) is 18.2 Å². The van der Waals surface area contributed by atoms with Gasteiger partial charge in [0.2, 0.25) is 0 Å². The van der Waals surface area contributed by atoms with Gasteiger partial charge in [-0.25, -0.2) is 4.98 Å². The molecule has 0 radical (unpaired) electrons. The molecular weight excluding hydrogens is 228 g/mol. The van der Waals surface area contributed by atoms with Crippen LogP contribution in [-0.4, -0.2) is 17.5 Å². The first-order chi connectivity index (χ1) is 8.74. The van der Waals surface area contributed by atoms with E-state index in [1.54, 1.807) is 18.3 Å². The summed E-state index contributed by atoms with van der Waals surface area (Å²) in [5.41, 5.74) is 1.10. The second-order valence-electron chi connectivity index (χ2n) is 3.87. The number of carbonyl (C=O) groups is 1. The van der Waals surface area contributed by atoms with Gasteiger partial charge in [-0.3, -0.25) is 4.79 Å². The first-order valence-corrected chi connectivity index (χ1v) is 5.64. The van der Waals surface area contributed by atoms with Crippen molar-refractivity contribution in [3.63, 3.8) is 0 Å². The number of anilines is 1. The highest BCUT2D eigenvalue weighted by molar-refractivity contribution is 5.90. The number of aryl methyl sites for hydroxylation is 1. The Morgan fingerprint density at radius 1 is 1.28 bits per heavy atom. The Kier molecular flexibility index (Phi) is 3.91. The van der Waals surface area contributed by atoms with Crippen molar-refractivity contribution >= 4 is 11.7 Å². The Balaban J connectivity index is 1.85. The zero-order chi connectivity index (χ0) is 12.8. The van der Waals surface area contributed by atoms with Crippen molar-refractivity contribution in [3.8, 4) is 5.75 Å². The van der Waals surface area contributed by atoms with Crippen molar-refractivity contribution in [2.75, 3.05) is 11.9 Å². The zero-order valence-electron chi connectivity index (χ0n) is 10.1. The van der Waals surface area contributed by atoms with E-state index in [4.69, 9.17) is 4.74 Å². The molecule has 0 atom stereocenters. The van der Waals surface area contributed by atoms with E-state index >= 15 is 0 Å². The number of aromatic nitrogens is 1.